The topological polar surface area (TPSA) is 37.8 Å². The smallest absolute Gasteiger partial charge is 0.144 e. The second kappa shape index (κ2) is 5.29. The van der Waals surface area contributed by atoms with Crippen molar-refractivity contribution in [1.29, 1.82) is 0 Å². The third-order valence-electron chi connectivity index (χ3n) is 2.36. The zero-order chi connectivity index (χ0) is 10.6. The third kappa shape index (κ3) is 3.62. The highest BCUT2D eigenvalue weighted by Crippen LogP contribution is 2.11. The zero-order valence-corrected chi connectivity index (χ0v) is 10.4. The number of nitrogens with zero attached hydrogens (tertiary/aromatic N) is 2. The van der Waals surface area contributed by atoms with E-state index in [0.717, 1.165) is 17.0 Å². The van der Waals surface area contributed by atoms with Crippen LogP contribution < -0.4 is 5.32 Å². The second-order valence-corrected chi connectivity index (χ2v) is 4.64. The Hall–Kier alpha value is -0.640. The number of hydrogen-bond acceptors (Lipinski definition) is 3. The summed E-state index contributed by atoms with van der Waals surface area (Å²) in [4.78, 5) is 8.28. The Balaban J connectivity index is 2.42. The van der Waals surface area contributed by atoms with Crippen LogP contribution in [-0.2, 0) is 0 Å². The Morgan fingerprint density at radius 3 is 2.50 bits per heavy atom. The van der Waals surface area contributed by atoms with Crippen molar-refractivity contribution in [3.63, 3.8) is 0 Å². The first-order chi connectivity index (χ1) is 6.59. The predicted molar refractivity (Wildman–Crippen MR) is 62.2 cm³/mol. The molecule has 0 aromatic carbocycles. The SMILES string of the molecule is CC(C)C(C)CNc1cnc(Br)cn1. The summed E-state index contributed by atoms with van der Waals surface area (Å²) in [5, 5.41) is 3.26. The van der Waals surface area contributed by atoms with E-state index in [4.69, 9.17) is 0 Å². The summed E-state index contributed by atoms with van der Waals surface area (Å²) in [5.41, 5.74) is 0. The van der Waals surface area contributed by atoms with Crippen molar-refractivity contribution in [1.82, 2.24) is 9.97 Å². The molecule has 0 spiro atoms. The van der Waals surface area contributed by atoms with Crippen LogP contribution in [0.3, 0.4) is 0 Å². The van der Waals surface area contributed by atoms with Gasteiger partial charge in [0, 0.05) is 6.54 Å². The van der Waals surface area contributed by atoms with Gasteiger partial charge in [-0.1, -0.05) is 20.8 Å². The maximum absolute atomic E-state index is 4.19. The van der Waals surface area contributed by atoms with Gasteiger partial charge in [0.1, 0.15) is 10.4 Å². The van der Waals surface area contributed by atoms with Gasteiger partial charge in [-0.05, 0) is 27.8 Å². The van der Waals surface area contributed by atoms with E-state index in [9.17, 15) is 0 Å². The minimum Gasteiger partial charge on any atom is -0.369 e. The molecule has 1 aromatic rings. The Morgan fingerprint density at radius 2 is 2.00 bits per heavy atom. The Bertz CT molecular complexity index is 271. The Kier molecular flexibility index (Phi) is 4.32. The van der Waals surface area contributed by atoms with Gasteiger partial charge in [-0.2, -0.15) is 0 Å². The van der Waals surface area contributed by atoms with Crippen molar-refractivity contribution in [3.8, 4) is 0 Å². The van der Waals surface area contributed by atoms with Crippen molar-refractivity contribution in [2.24, 2.45) is 11.8 Å². The molecule has 1 aromatic heterocycles. The summed E-state index contributed by atoms with van der Waals surface area (Å²) in [5.74, 6) is 2.16. The fourth-order valence-corrected chi connectivity index (χ4v) is 1.11. The summed E-state index contributed by atoms with van der Waals surface area (Å²) in [6, 6.07) is 0. The molecule has 0 radical (unpaired) electrons. The highest BCUT2D eigenvalue weighted by Gasteiger charge is 2.06. The standard InChI is InChI=1S/C10H16BrN3/c1-7(2)8(3)4-13-10-6-12-9(11)5-14-10/h5-8H,4H2,1-3H3,(H,13,14). The second-order valence-electron chi connectivity index (χ2n) is 3.83. The zero-order valence-electron chi connectivity index (χ0n) is 8.79. The van der Waals surface area contributed by atoms with Crippen molar-refractivity contribution in [2.75, 3.05) is 11.9 Å². The molecule has 0 aliphatic rings. The average Bonchev–Trinajstić information content (AvgIpc) is 2.16. The number of aromatic nitrogens is 2. The maximum atomic E-state index is 4.19. The fourth-order valence-electron chi connectivity index (χ4n) is 0.905. The molecule has 0 fully saturated rings. The van der Waals surface area contributed by atoms with Crippen LogP contribution in [0.2, 0.25) is 0 Å². The summed E-state index contributed by atoms with van der Waals surface area (Å²) in [6.45, 7) is 7.61. The average molecular weight is 258 g/mol. The number of hydrogen-bond donors (Lipinski definition) is 1. The first-order valence-corrected chi connectivity index (χ1v) is 5.60. The van der Waals surface area contributed by atoms with Crippen LogP contribution in [0.25, 0.3) is 0 Å². The molecule has 14 heavy (non-hydrogen) atoms. The molecule has 0 saturated heterocycles. The van der Waals surface area contributed by atoms with Crippen molar-refractivity contribution in [2.45, 2.75) is 20.8 Å². The number of anilines is 1. The van der Waals surface area contributed by atoms with Gasteiger partial charge in [-0.3, -0.25) is 0 Å². The van der Waals surface area contributed by atoms with E-state index >= 15 is 0 Å². The van der Waals surface area contributed by atoms with Crippen molar-refractivity contribution >= 4 is 21.7 Å². The number of nitrogens with one attached hydrogen (secondary N) is 1. The Labute approximate surface area is 93.5 Å². The van der Waals surface area contributed by atoms with Gasteiger partial charge in [-0.15, -0.1) is 0 Å². The quantitative estimate of drug-likeness (QED) is 0.902. The van der Waals surface area contributed by atoms with E-state index in [1.807, 2.05) is 0 Å². The van der Waals surface area contributed by atoms with Gasteiger partial charge >= 0.3 is 0 Å². The van der Waals surface area contributed by atoms with Gasteiger partial charge in [-0.25, -0.2) is 9.97 Å². The van der Waals surface area contributed by atoms with Gasteiger partial charge in [0.25, 0.3) is 0 Å². The largest absolute Gasteiger partial charge is 0.369 e. The van der Waals surface area contributed by atoms with Gasteiger partial charge in [0.15, 0.2) is 0 Å². The molecule has 0 aliphatic heterocycles. The third-order valence-corrected chi connectivity index (χ3v) is 2.77. The Morgan fingerprint density at radius 1 is 1.29 bits per heavy atom. The van der Waals surface area contributed by atoms with Crippen LogP contribution in [0, 0.1) is 11.8 Å². The van der Waals surface area contributed by atoms with E-state index in [-0.39, 0.29) is 0 Å². The van der Waals surface area contributed by atoms with Gasteiger partial charge < -0.3 is 5.32 Å². The minimum atomic E-state index is 0.639. The van der Waals surface area contributed by atoms with Gasteiger partial charge in [0.2, 0.25) is 0 Å². The molecule has 0 saturated carbocycles. The summed E-state index contributed by atoms with van der Waals surface area (Å²) >= 11 is 3.25. The highest BCUT2D eigenvalue weighted by molar-refractivity contribution is 9.10. The van der Waals surface area contributed by atoms with Crippen molar-refractivity contribution < 1.29 is 0 Å². The molecular formula is C10H16BrN3. The van der Waals surface area contributed by atoms with E-state index in [2.05, 4.69) is 52.0 Å². The summed E-state index contributed by atoms with van der Waals surface area (Å²) in [7, 11) is 0. The monoisotopic (exact) mass is 257 g/mol. The lowest BCUT2D eigenvalue weighted by Crippen LogP contribution is -2.16. The van der Waals surface area contributed by atoms with E-state index in [0.29, 0.717) is 11.8 Å². The number of halogens is 1. The molecule has 78 valence electrons. The molecule has 1 heterocycles. The van der Waals surface area contributed by atoms with E-state index in [1.54, 1.807) is 12.4 Å². The van der Waals surface area contributed by atoms with Crippen LogP contribution in [-0.4, -0.2) is 16.5 Å². The normalized spacial score (nSPS) is 12.9. The molecule has 0 amide bonds. The molecule has 1 N–H and O–H groups in total. The fraction of sp³-hybridized carbons (Fsp3) is 0.600. The molecule has 3 nitrogen and oxygen atoms in total. The molecule has 0 aliphatic carbocycles. The van der Waals surface area contributed by atoms with E-state index in [1.165, 1.54) is 0 Å². The first-order valence-electron chi connectivity index (χ1n) is 4.81. The van der Waals surface area contributed by atoms with Gasteiger partial charge in [0.05, 0.1) is 12.4 Å². The number of rotatable bonds is 4. The predicted octanol–water partition coefficient (Wildman–Crippen LogP) is 2.94. The van der Waals surface area contributed by atoms with Crippen LogP contribution in [0.1, 0.15) is 20.8 Å². The lowest BCUT2D eigenvalue weighted by atomic mass is 9.98. The minimum absolute atomic E-state index is 0.639. The van der Waals surface area contributed by atoms with Crippen molar-refractivity contribution in [3.05, 3.63) is 17.0 Å². The highest BCUT2D eigenvalue weighted by atomic mass is 79.9. The summed E-state index contributed by atoms with van der Waals surface area (Å²) < 4.78 is 0.764. The van der Waals surface area contributed by atoms with Crippen LogP contribution in [0.5, 0.6) is 0 Å². The van der Waals surface area contributed by atoms with Crippen LogP contribution in [0.4, 0.5) is 5.82 Å². The molecule has 4 heteroatoms. The van der Waals surface area contributed by atoms with Crippen LogP contribution >= 0.6 is 15.9 Å². The molecule has 1 rings (SSSR count). The maximum Gasteiger partial charge on any atom is 0.144 e. The molecule has 1 unspecified atom stereocenters. The van der Waals surface area contributed by atoms with Crippen LogP contribution in [0.15, 0.2) is 17.0 Å². The summed E-state index contributed by atoms with van der Waals surface area (Å²) in [6.07, 6.45) is 3.43. The van der Waals surface area contributed by atoms with E-state index < -0.39 is 0 Å². The first kappa shape index (κ1) is 11.4. The molecule has 1 atom stereocenters. The lowest BCUT2D eigenvalue weighted by molar-refractivity contribution is 0.439. The molecule has 0 bridgehead atoms. The lowest BCUT2D eigenvalue weighted by Gasteiger charge is -2.16. The molecular weight excluding hydrogens is 242 g/mol.